The predicted octanol–water partition coefficient (Wildman–Crippen LogP) is 1.84. The summed E-state index contributed by atoms with van der Waals surface area (Å²) in [5.74, 6) is -0.196. The molecule has 1 saturated heterocycles. The lowest BCUT2D eigenvalue weighted by Gasteiger charge is -2.32. The van der Waals surface area contributed by atoms with Crippen molar-refractivity contribution in [2.45, 2.75) is 51.7 Å². The summed E-state index contributed by atoms with van der Waals surface area (Å²) in [4.78, 5) is 11.8. The Morgan fingerprint density at radius 3 is 2.29 bits per heavy atom. The van der Waals surface area contributed by atoms with E-state index >= 15 is 0 Å². The van der Waals surface area contributed by atoms with Crippen molar-refractivity contribution in [1.29, 1.82) is 0 Å². The maximum absolute atomic E-state index is 11.8. The highest BCUT2D eigenvalue weighted by Crippen LogP contribution is 2.36. The molecule has 21 heavy (non-hydrogen) atoms. The zero-order valence-corrected chi connectivity index (χ0v) is 13.7. The molecule has 1 fully saturated rings. The lowest BCUT2D eigenvalue weighted by Crippen LogP contribution is -2.41. The standard InChI is InChI=1S/C16H24BNO3/c1-11(14(19)18-6)12-8-7-9-13(10-12)17-20-15(2,3)16(4,5)21-17/h7-11H,1-6H3,(H,18,19). The molecule has 0 radical (unpaired) electrons. The molecule has 1 amide bonds. The van der Waals surface area contributed by atoms with Crippen LogP contribution in [0.15, 0.2) is 24.3 Å². The lowest BCUT2D eigenvalue weighted by atomic mass is 9.77. The summed E-state index contributed by atoms with van der Waals surface area (Å²) < 4.78 is 12.1. The third kappa shape index (κ3) is 2.99. The zero-order valence-electron chi connectivity index (χ0n) is 13.7. The van der Waals surface area contributed by atoms with Crippen LogP contribution >= 0.6 is 0 Å². The molecular weight excluding hydrogens is 265 g/mol. The van der Waals surface area contributed by atoms with Gasteiger partial charge in [-0.3, -0.25) is 4.79 Å². The second-order valence-electron chi connectivity index (χ2n) is 6.59. The number of amides is 1. The van der Waals surface area contributed by atoms with Crippen LogP contribution in [0.2, 0.25) is 0 Å². The molecule has 0 spiro atoms. The summed E-state index contributed by atoms with van der Waals surface area (Å²) in [6.07, 6.45) is 0. The van der Waals surface area contributed by atoms with Crippen LogP contribution < -0.4 is 10.8 Å². The topological polar surface area (TPSA) is 47.6 Å². The SMILES string of the molecule is CNC(=O)C(C)c1cccc(B2OC(C)(C)C(C)(C)O2)c1. The number of hydrogen-bond acceptors (Lipinski definition) is 3. The van der Waals surface area contributed by atoms with Gasteiger partial charge in [0.05, 0.1) is 17.1 Å². The summed E-state index contributed by atoms with van der Waals surface area (Å²) in [5.41, 5.74) is 1.18. The van der Waals surface area contributed by atoms with Crippen LogP contribution in [0.5, 0.6) is 0 Å². The van der Waals surface area contributed by atoms with Crippen molar-refractivity contribution in [2.24, 2.45) is 0 Å². The van der Waals surface area contributed by atoms with E-state index in [2.05, 4.69) is 5.32 Å². The van der Waals surface area contributed by atoms with E-state index in [0.717, 1.165) is 11.0 Å². The largest absolute Gasteiger partial charge is 0.494 e. The Balaban J connectivity index is 2.25. The van der Waals surface area contributed by atoms with Crippen molar-refractivity contribution in [3.8, 4) is 0 Å². The van der Waals surface area contributed by atoms with Crippen molar-refractivity contribution in [3.05, 3.63) is 29.8 Å². The number of hydrogen-bond donors (Lipinski definition) is 1. The van der Waals surface area contributed by atoms with Crippen LogP contribution in [-0.4, -0.2) is 31.3 Å². The number of rotatable bonds is 3. The molecule has 1 N–H and O–H groups in total. The number of benzene rings is 1. The third-order valence-electron chi connectivity index (χ3n) is 4.58. The van der Waals surface area contributed by atoms with Crippen molar-refractivity contribution in [1.82, 2.24) is 5.32 Å². The molecule has 1 aromatic rings. The van der Waals surface area contributed by atoms with Crippen molar-refractivity contribution < 1.29 is 14.1 Å². The first-order valence-electron chi connectivity index (χ1n) is 7.35. The monoisotopic (exact) mass is 289 g/mol. The molecule has 0 aromatic heterocycles. The van der Waals surface area contributed by atoms with E-state index < -0.39 is 7.12 Å². The summed E-state index contributed by atoms with van der Waals surface area (Å²) in [6, 6.07) is 7.86. The van der Waals surface area contributed by atoms with E-state index in [1.165, 1.54) is 0 Å². The Hall–Kier alpha value is -1.33. The van der Waals surface area contributed by atoms with Gasteiger partial charge in [-0.05, 0) is 45.6 Å². The zero-order chi connectivity index (χ0) is 15.8. The van der Waals surface area contributed by atoms with Crippen LogP contribution in [0, 0.1) is 0 Å². The fraction of sp³-hybridized carbons (Fsp3) is 0.562. The Morgan fingerprint density at radius 2 is 1.76 bits per heavy atom. The first kappa shape index (κ1) is 16.1. The summed E-state index contributed by atoms with van der Waals surface area (Å²) in [7, 11) is 1.25. The van der Waals surface area contributed by atoms with Crippen LogP contribution in [0.3, 0.4) is 0 Å². The van der Waals surface area contributed by atoms with E-state index in [1.807, 2.05) is 58.9 Å². The molecule has 0 saturated carbocycles. The maximum Gasteiger partial charge on any atom is 0.494 e. The van der Waals surface area contributed by atoms with Gasteiger partial charge in [-0.2, -0.15) is 0 Å². The van der Waals surface area contributed by atoms with Gasteiger partial charge in [0.2, 0.25) is 5.91 Å². The number of carbonyl (C=O) groups is 1. The second-order valence-corrected chi connectivity index (χ2v) is 6.59. The van der Waals surface area contributed by atoms with Gasteiger partial charge >= 0.3 is 7.12 Å². The number of nitrogens with one attached hydrogen (secondary N) is 1. The molecule has 0 aliphatic carbocycles. The van der Waals surface area contributed by atoms with E-state index in [1.54, 1.807) is 7.05 Å². The average molecular weight is 289 g/mol. The lowest BCUT2D eigenvalue weighted by molar-refractivity contribution is -0.121. The molecule has 1 aliphatic rings. The molecule has 1 heterocycles. The Bertz CT molecular complexity index is 526. The molecule has 1 unspecified atom stereocenters. The Labute approximate surface area is 127 Å². The predicted molar refractivity (Wildman–Crippen MR) is 84.6 cm³/mol. The Morgan fingerprint density at radius 1 is 1.19 bits per heavy atom. The minimum atomic E-state index is -0.396. The average Bonchev–Trinajstić information content (AvgIpc) is 2.66. The first-order valence-corrected chi connectivity index (χ1v) is 7.35. The fourth-order valence-electron chi connectivity index (χ4n) is 2.32. The van der Waals surface area contributed by atoms with Crippen molar-refractivity contribution >= 4 is 18.5 Å². The quantitative estimate of drug-likeness (QED) is 0.864. The first-order chi connectivity index (χ1) is 9.68. The van der Waals surface area contributed by atoms with Gasteiger partial charge in [0.1, 0.15) is 0 Å². The van der Waals surface area contributed by atoms with E-state index in [4.69, 9.17) is 9.31 Å². The summed E-state index contributed by atoms with van der Waals surface area (Å²) >= 11 is 0. The van der Waals surface area contributed by atoms with Crippen molar-refractivity contribution in [2.75, 3.05) is 7.05 Å². The van der Waals surface area contributed by atoms with E-state index in [-0.39, 0.29) is 23.0 Å². The van der Waals surface area contributed by atoms with Gasteiger partial charge in [-0.25, -0.2) is 0 Å². The summed E-state index contributed by atoms with van der Waals surface area (Å²) in [6.45, 7) is 10.0. The highest BCUT2D eigenvalue weighted by Gasteiger charge is 2.51. The molecule has 5 heteroatoms. The van der Waals surface area contributed by atoms with Crippen LogP contribution in [0.25, 0.3) is 0 Å². The van der Waals surface area contributed by atoms with Crippen LogP contribution in [0.4, 0.5) is 0 Å². The molecule has 4 nitrogen and oxygen atoms in total. The van der Waals surface area contributed by atoms with Gasteiger partial charge < -0.3 is 14.6 Å². The smallest absolute Gasteiger partial charge is 0.399 e. The third-order valence-corrected chi connectivity index (χ3v) is 4.58. The molecule has 114 valence electrons. The number of carbonyl (C=O) groups excluding carboxylic acids is 1. The molecular formula is C16H24BNO3. The summed E-state index contributed by atoms with van der Waals surface area (Å²) in [5, 5.41) is 2.68. The van der Waals surface area contributed by atoms with E-state index in [0.29, 0.717) is 0 Å². The normalized spacial score (nSPS) is 21.1. The highest BCUT2D eigenvalue weighted by molar-refractivity contribution is 6.62. The van der Waals surface area contributed by atoms with Gasteiger partial charge in [-0.15, -0.1) is 0 Å². The molecule has 0 bridgehead atoms. The number of likely N-dealkylation sites (N-methyl/N-ethyl adjacent to an activating group) is 1. The Kier molecular flexibility index (Phi) is 4.18. The van der Waals surface area contributed by atoms with E-state index in [9.17, 15) is 4.79 Å². The van der Waals surface area contributed by atoms with Gasteiger partial charge in [0.25, 0.3) is 0 Å². The van der Waals surface area contributed by atoms with Crippen LogP contribution in [0.1, 0.15) is 46.1 Å². The minimum Gasteiger partial charge on any atom is -0.399 e. The van der Waals surface area contributed by atoms with Crippen molar-refractivity contribution in [3.63, 3.8) is 0 Å². The van der Waals surface area contributed by atoms with Gasteiger partial charge in [-0.1, -0.05) is 24.3 Å². The highest BCUT2D eigenvalue weighted by atomic mass is 16.7. The second kappa shape index (κ2) is 5.46. The molecule has 2 rings (SSSR count). The van der Waals surface area contributed by atoms with Crippen LogP contribution in [-0.2, 0) is 14.1 Å². The molecule has 1 aliphatic heterocycles. The maximum atomic E-state index is 11.8. The molecule has 1 atom stereocenters. The van der Waals surface area contributed by atoms with Gasteiger partial charge in [0.15, 0.2) is 0 Å². The molecule has 1 aromatic carbocycles. The minimum absolute atomic E-state index is 0.000989. The fourth-order valence-corrected chi connectivity index (χ4v) is 2.32. The van der Waals surface area contributed by atoms with Gasteiger partial charge in [0, 0.05) is 7.05 Å².